The smallest absolute Gasteiger partial charge is 0.256 e. The lowest BCUT2D eigenvalue weighted by Crippen LogP contribution is -2.38. The highest BCUT2D eigenvalue weighted by molar-refractivity contribution is 5.96. The molecular formula is C15H22N2O2. The third-order valence-electron chi connectivity index (χ3n) is 3.44. The van der Waals surface area contributed by atoms with Crippen LogP contribution >= 0.6 is 0 Å². The molecule has 1 aromatic rings. The van der Waals surface area contributed by atoms with Gasteiger partial charge in [0.25, 0.3) is 5.91 Å². The van der Waals surface area contributed by atoms with E-state index in [0.29, 0.717) is 6.04 Å². The number of carbonyl (C=O) groups is 1. The molecule has 19 heavy (non-hydrogen) atoms. The Hall–Kier alpha value is -1.39. The number of anilines is 1. The maximum Gasteiger partial charge on any atom is 0.256 e. The first-order valence-corrected chi connectivity index (χ1v) is 6.70. The molecular weight excluding hydrogens is 240 g/mol. The number of hydrogen-bond acceptors (Lipinski definition) is 3. The first-order chi connectivity index (χ1) is 9.01. The lowest BCUT2D eigenvalue weighted by Gasteiger charge is -2.21. The highest BCUT2D eigenvalue weighted by Gasteiger charge is 2.26. The highest BCUT2D eigenvalue weighted by Crippen LogP contribution is 2.20. The summed E-state index contributed by atoms with van der Waals surface area (Å²) in [6, 6.07) is 8.62. The van der Waals surface area contributed by atoms with Gasteiger partial charge in [-0.3, -0.25) is 4.79 Å². The van der Waals surface area contributed by atoms with Gasteiger partial charge in [-0.1, -0.05) is 12.1 Å². The molecule has 0 aromatic heterocycles. The summed E-state index contributed by atoms with van der Waals surface area (Å²) in [5, 5.41) is 6.31. The minimum Gasteiger partial charge on any atom is -0.369 e. The number of methoxy groups -OCH3 is 1. The van der Waals surface area contributed by atoms with Crippen molar-refractivity contribution in [2.24, 2.45) is 0 Å². The van der Waals surface area contributed by atoms with Gasteiger partial charge in [-0.15, -0.1) is 0 Å². The van der Waals surface area contributed by atoms with E-state index in [-0.39, 0.29) is 5.91 Å². The zero-order chi connectivity index (χ0) is 13.9. The average Bonchev–Trinajstić information content (AvgIpc) is 3.22. The van der Waals surface area contributed by atoms with Crippen molar-refractivity contribution in [2.45, 2.75) is 44.9 Å². The van der Waals surface area contributed by atoms with Gasteiger partial charge in [0.1, 0.15) is 5.60 Å². The zero-order valence-electron chi connectivity index (χ0n) is 11.8. The fourth-order valence-electron chi connectivity index (χ4n) is 1.63. The molecule has 1 aliphatic carbocycles. The average molecular weight is 262 g/mol. The van der Waals surface area contributed by atoms with Crippen molar-refractivity contribution in [3.8, 4) is 0 Å². The monoisotopic (exact) mass is 262 g/mol. The Morgan fingerprint density at radius 2 is 1.95 bits per heavy atom. The van der Waals surface area contributed by atoms with Crippen LogP contribution in [0.5, 0.6) is 0 Å². The lowest BCUT2D eigenvalue weighted by atomic mass is 10.1. The van der Waals surface area contributed by atoms with Crippen LogP contribution in [0.15, 0.2) is 24.3 Å². The standard InChI is InChI=1S/C15H22N2O2/c1-15(2,19-3)14(18)17-13-6-4-11(5-7-13)10-16-12-8-9-12/h4-7,12,16H,8-10H2,1-3H3,(H,17,18). The van der Waals surface area contributed by atoms with Crippen molar-refractivity contribution in [2.75, 3.05) is 12.4 Å². The number of hydrogen-bond donors (Lipinski definition) is 2. The molecule has 1 saturated carbocycles. The summed E-state index contributed by atoms with van der Waals surface area (Å²) < 4.78 is 5.15. The van der Waals surface area contributed by atoms with Gasteiger partial charge in [-0.05, 0) is 44.4 Å². The highest BCUT2D eigenvalue weighted by atomic mass is 16.5. The minimum atomic E-state index is -0.813. The van der Waals surface area contributed by atoms with Crippen LogP contribution in [-0.4, -0.2) is 24.7 Å². The molecule has 0 atom stereocenters. The van der Waals surface area contributed by atoms with Crippen molar-refractivity contribution < 1.29 is 9.53 Å². The summed E-state index contributed by atoms with van der Waals surface area (Å²) in [5.41, 5.74) is 1.22. The lowest BCUT2D eigenvalue weighted by molar-refractivity contribution is -0.133. The van der Waals surface area contributed by atoms with E-state index in [1.165, 1.54) is 25.5 Å². The van der Waals surface area contributed by atoms with Gasteiger partial charge >= 0.3 is 0 Å². The summed E-state index contributed by atoms with van der Waals surface area (Å²) in [5.74, 6) is -0.140. The number of carbonyl (C=O) groups excluding carboxylic acids is 1. The number of amides is 1. The fourth-order valence-corrected chi connectivity index (χ4v) is 1.63. The first kappa shape index (κ1) is 14.0. The summed E-state index contributed by atoms with van der Waals surface area (Å²) >= 11 is 0. The number of benzene rings is 1. The van der Waals surface area contributed by atoms with Gasteiger partial charge in [0, 0.05) is 25.4 Å². The number of ether oxygens (including phenoxy) is 1. The molecule has 0 heterocycles. The topological polar surface area (TPSA) is 50.4 Å². The zero-order valence-corrected chi connectivity index (χ0v) is 11.8. The molecule has 0 aliphatic heterocycles. The fraction of sp³-hybridized carbons (Fsp3) is 0.533. The van der Waals surface area contributed by atoms with Crippen LogP contribution in [0.4, 0.5) is 5.69 Å². The van der Waals surface area contributed by atoms with Crippen LogP contribution in [0.25, 0.3) is 0 Å². The summed E-state index contributed by atoms with van der Waals surface area (Å²) in [7, 11) is 1.53. The molecule has 1 aliphatic rings. The number of rotatable bonds is 6. The van der Waals surface area contributed by atoms with Crippen LogP contribution < -0.4 is 10.6 Å². The van der Waals surface area contributed by atoms with E-state index in [9.17, 15) is 4.79 Å². The maximum absolute atomic E-state index is 11.9. The van der Waals surface area contributed by atoms with E-state index in [0.717, 1.165) is 12.2 Å². The van der Waals surface area contributed by atoms with Crippen LogP contribution in [0.3, 0.4) is 0 Å². The summed E-state index contributed by atoms with van der Waals surface area (Å²) in [6.07, 6.45) is 2.58. The van der Waals surface area contributed by atoms with Crippen LogP contribution in [0.2, 0.25) is 0 Å². The largest absolute Gasteiger partial charge is 0.369 e. The maximum atomic E-state index is 11.9. The Morgan fingerprint density at radius 1 is 1.32 bits per heavy atom. The predicted molar refractivity (Wildman–Crippen MR) is 76.0 cm³/mol. The summed E-state index contributed by atoms with van der Waals surface area (Å²) in [6.45, 7) is 4.38. The van der Waals surface area contributed by atoms with Gasteiger partial charge in [0.2, 0.25) is 0 Å². The van der Waals surface area contributed by atoms with Gasteiger partial charge in [-0.25, -0.2) is 0 Å². The van der Waals surface area contributed by atoms with E-state index in [4.69, 9.17) is 4.74 Å². The molecule has 2 rings (SSSR count). The second-order valence-corrected chi connectivity index (χ2v) is 5.52. The first-order valence-electron chi connectivity index (χ1n) is 6.70. The second kappa shape index (κ2) is 5.72. The second-order valence-electron chi connectivity index (χ2n) is 5.52. The van der Waals surface area contributed by atoms with Crippen LogP contribution in [0.1, 0.15) is 32.3 Å². The minimum absolute atomic E-state index is 0.140. The van der Waals surface area contributed by atoms with Crippen molar-refractivity contribution in [1.29, 1.82) is 0 Å². The van der Waals surface area contributed by atoms with Crippen molar-refractivity contribution in [1.82, 2.24) is 5.32 Å². The molecule has 0 radical (unpaired) electrons. The molecule has 0 bridgehead atoms. The Labute approximate surface area is 114 Å². The molecule has 0 spiro atoms. The molecule has 4 nitrogen and oxygen atoms in total. The van der Waals surface area contributed by atoms with Gasteiger partial charge in [0.05, 0.1) is 0 Å². The Balaban J connectivity index is 1.88. The molecule has 0 saturated heterocycles. The Bertz CT molecular complexity index is 436. The van der Waals surface area contributed by atoms with E-state index in [1.807, 2.05) is 24.3 Å². The predicted octanol–water partition coefficient (Wildman–Crippen LogP) is 2.30. The van der Waals surface area contributed by atoms with Gasteiger partial charge in [-0.2, -0.15) is 0 Å². The quantitative estimate of drug-likeness (QED) is 0.827. The summed E-state index contributed by atoms with van der Waals surface area (Å²) in [4.78, 5) is 11.9. The SMILES string of the molecule is COC(C)(C)C(=O)Nc1ccc(CNC2CC2)cc1. The molecule has 2 N–H and O–H groups in total. The molecule has 4 heteroatoms. The number of nitrogens with one attached hydrogen (secondary N) is 2. The van der Waals surface area contributed by atoms with E-state index in [1.54, 1.807) is 13.8 Å². The van der Waals surface area contributed by atoms with E-state index in [2.05, 4.69) is 10.6 Å². The molecule has 1 fully saturated rings. The van der Waals surface area contributed by atoms with Crippen LogP contribution in [0, 0.1) is 0 Å². The van der Waals surface area contributed by atoms with Gasteiger partial charge < -0.3 is 15.4 Å². The van der Waals surface area contributed by atoms with Crippen molar-refractivity contribution in [3.05, 3.63) is 29.8 Å². The van der Waals surface area contributed by atoms with Gasteiger partial charge in [0.15, 0.2) is 0 Å². The van der Waals surface area contributed by atoms with E-state index < -0.39 is 5.60 Å². The molecule has 1 amide bonds. The van der Waals surface area contributed by atoms with Crippen LogP contribution in [-0.2, 0) is 16.1 Å². The molecule has 104 valence electrons. The third-order valence-corrected chi connectivity index (χ3v) is 3.44. The van der Waals surface area contributed by atoms with Crippen molar-refractivity contribution >= 4 is 11.6 Å². The molecule has 1 aromatic carbocycles. The van der Waals surface area contributed by atoms with E-state index >= 15 is 0 Å². The Morgan fingerprint density at radius 3 is 2.47 bits per heavy atom. The Kier molecular flexibility index (Phi) is 4.22. The third kappa shape index (κ3) is 4.04. The normalized spacial score (nSPS) is 15.3. The van der Waals surface area contributed by atoms with Crippen molar-refractivity contribution in [3.63, 3.8) is 0 Å². The molecule has 0 unspecified atom stereocenters.